The number of hydrogen-bond donors (Lipinski definition) is 3. The summed E-state index contributed by atoms with van der Waals surface area (Å²) in [7, 11) is 0. The first-order valence-corrected chi connectivity index (χ1v) is 9.21. The summed E-state index contributed by atoms with van der Waals surface area (Å²) in [6.45, 7) is 0. The fourth-order valence-electron chi connectivity index (χ4n) is 2.24. The lowest BCUT2D eigenvalue weighted by molar-refractivity contribution is -0.384. The summed E-state index contributed by atoms with van der Waals surface area (Å²) in [5.74, 6) is -0.856. The topological polar surface area (TPSA) is 160 Å². The Morgan fingerprint density at radius 3 is 2.67 bits per heavy atom. The average Bonchev–Trinajstić information content (AvgIpc) is 3.14. The quantitative estimate of drug-likeness (QED) is 0.296. The zero-order chi connectivity index (χ0) is 21.5. The largest absolute Gasteiger partial charge is 0.508 e. The number of benzene rings is 2. The number of anilines is 1. The molecule has 0 radical (unpaired) electrons. The van der Waals surface area contributed by atoms with E-state index < -0.39 is 16.7 Å². The fourth-order valence-corrected chi connectivity index (χ4v) is 2.97. The zero-order valence-electron chi connectivity index (χ0n) is 15.2. The van der Waals surface area contributed by atoms with E-state index >= 15 is 0 Å². The van der Waals surface area contributed by atoms with Crippen LogP contribution in [0.2, 0.25) is 0 Å². The van der Waals surface area contributed by atoms with Crippen LogP contribution in [-0.4, -0.2) is 38.3 Å². The molecule has 3 aromatic rings. The van der Waals surface area contributed by atoms with Gasteiger partial charge in [0.2, 0.25) is 11.0 Å². The van der Waals surface area contributed by atoms with Crippen LogP contribution in [0.25, 0.3) is 0 Å². The van der Waals surface area contributed by atoms with Crippen molar-refractivity contribution >= 4 is 40.2 Å². The third-order valence-electron chi connectivity index (χ3n) is 3.61. The van der Waals surface area contributed by atoms with Crippen LogP contribution in [0.3, 0.4) is 0 Å². The SMILES string of the molecule is O=C(Cc1nnc(NC(=O)c2ccc([N+](=O)[O-])cc2)s1)NN=Cc1cccc(O)c1. The first kappa shape index (κ1) is 20.5. The van der Waals surface area contributed by atoms with Crippen molar-refractivity contribution in [3.8, 4) is 5.75 Å². The molecule has 0 saturated heterocycles. The summed E-state index contributed by atoms with van der Waals surface area (Å²) in [5.41, 5.74) is 3.04. The van der Waals surface area contributed by atoms with Crippen molar-refractivity contribution in [1.29, 1.82) is 0 Å². The predicted octanol–water partition coefficient (Wildman–Crippen LogP) is 2.10. The average molecular weight is 426 g/mol. The smallest absolute Gasteiger partial charge is 0.269 e. The number of carbonyl (C=O) groups excluding carboxylic acids is 2. The monoisotopic (exact) mass is 426 g/mol. The molecule has 12 heteroatoms. The molecule has 11 nitrogen and oxygen atoms in total. The molecule has 0 aliphatic carbocycles. The Hall–Kier alpha value is -4.19. The molecular formula is C18H14N6O5S. The van der Waals surface area contributed by atoms with Crippen molar-refractivity contribution in [2.75, 3.05) is 5.32 Å². The Kier molecular flexibility index (Phi) is 6.39. The van der Waals surface area contributed by atoms with Crippen molar-refractivity contribution in [2.45, 2.75) is 6.42 Å². The lowest BCUT2D eigenvalue weighted by Gasteiger charge is -2.00. The van der Waals surface area contributed by atoms with Gasteiger partial charge in [0.1, 0.15) is 10.8 Å². The van der Waals surface area contributed by atoms with Crippen LogP contribution in [0.15, 0.2) is 53.6 Å². The Balaban J connectivity index is 1.52. The van der Waals surface area contributed by atoms with Crippen molar-refractivity contribution in [1.82, 2.24) is 15.6 Å². The fraction of sp³-hybridized carbons (Fsp3) is 0.0556. The molecule has 1 aromatic heterocycles. The van der Waals surface area contributed by atoms with Crippen LogP contribution in [0.4, 0.5) is 10.8 Å². The van der Waals surface area contributed by atoms with Crippen LogP contribution in [0.1, 0.15) is 20.9 Å². The van der Waals surface area contributed by atoms with Crippen molar-refractivity contribution in [3.05, 3.63) is 74.8 Å². The molecule has 0 bridgehead atoms. The molecule has 0 unspecified atom stereocenters. The van der Waals surface area contributed by atoms with E-state index in [4.69, 9.17) is 0 Å². The van der Waals surface area contributed by atoms with Crippen molar-refractivity contribution in [3.63, 3.8) is 0 Å². The van der Waals surface area contributed by atoms with Crippen LogP contribution < -0.4 is 10.7 Å². The highest BCUT2D eigenvalue weighted by Crippen LogP contribution is 2.18. The minimum atomic E-state index is -0.558. The molecule has 3 N–H and O–H groups in total. The van der Waals surface area contributed by atoms with Crippen LogP contribution >= 0.6 is 11.3 Å². The number of nitro groups is 1. The number of hydrogen-bond acceptors (Lipinski definition) is 9. The number of nitro benzene ring substituents is 1. The van der Waals surface area contributed by atoms with E-state index in [2.05, 4.69) is 26.0 Å². The minimum absolute atomic E-state index is 0.0856. The molecule has 1 heterocycles. The third-order valence-corrected chi connectivity index (χ3v) is 4.45. The molecule has 0 saturated carbocycles. The maximum Gasteiger partial charge on any atom is 0.269 e. The molecule has 2 amide bonds. The van der Waals surface area contributed by atoms with E-state index in [-0.39, 0.29) is 28.6 Å². The first-order valence-electron chi connectivity index (χ1n) is 8.40. The Morgan fingerprint density at radius 2 is 1.97 bits per heavy atom. The van der Waals surface area contributed by atoms with Gasteiger partial charge < -0.3 is 5.11 Å². The number of carbonyl (C=O) groups is 2. The van der Waals surface area contributed by atoms with Crippen LogP contribution in [0.5, 0.6) is 5.75 Å². The molecule has 0 aliphatic heterocycles. The second-order valence-electron chi connectivity index (χ2n) is 5.82. The molecule has 3 rings (SSSR count). The summed E-state index contributed by atoms with van der Waals surface area (Å²) in [4.78, 5) is 34.2. The summed E-state index contributed by atoms with van der Waals surface area (Å²) in [6, 6.07) is 11.5. The van der Waals surface area contributed by atoms with E-state index in [9.17, 15) is 24.8 Å². The molecule has 0 fully saturated rings. The molecular weight excluding hydrogens is 412 g/mol. The number of aromatic nitrogens is 2. The number of phenols is 1. The van der Waals surface area contributed by atoms with Crippen LogP contribution in [0, 0.1) is 10.1 Å². The summed E-state index contributed by atoms with van der Waals surface area (Å²) in [5, 5.41) is 34.5. The van der Waals surface area contributed by atoms with E-state index in [1.165, 1.54) is 42.6 Å². The lowest BCUT2D eigenvalue weighted by Crippen LogP contribution is -2.19. The predicted molar refractivity (Wildman–Crippen MR) is 109 cm³/mol. The minimum Gasteiger partial charge on any atom is -0.508 e. The highest BCUT2D eigenvalue weighted by molar-refractivity contribution is 7.15. The normalized spacial score (nSPS) is 10.7. The number of non-ortho nitro benzene ring substituents is 1. The van der Waals surface area contributed by atoms with Gasteiger partial charge in [0.05, 0.1) is 17.6 Å². The standard InChI is InChI=1S/C18H14N6O5S/c25-14-3-1-2-11(8-14)10-19-21-15(26)9-16-22-23-18(30-16)20-17(27)12-4-6-13(7-5-12)24(28)29/h1-8,10,25H,9H2,(H,21,26)(H,20,23,27). The van der Waals surface area contributed by atoms with E-state index in [1.807, 2.05) is 0 Å². The number of amides is 2. The Morgan fingerprint density at radius 1 is 1.20 bits per heavy atom. The van der Waals surface area contributed by atoms with Gasteiger partial charge in [0.15, 0.2) is 0 Å². The second kappa shape index (κ2) is 9.34. The number of aromatic hydroxyl groups is 1. The number of nitrogens with one attached hydrogen (secondary N) is 2. The number of phenolic OH excluding ortho intramolecular Hbond substituents is 1. The Labute approximate surface area is 173 Å². The number of hydrazone groups is 1. The van der Waals surface area contributed by atoms with Gasteiger partial charge >= 0.3 is 0 Å². The molecule has 0 aliphatic rings. The lowest BCUT2D eigenvalue weighted by atomic mass is 10.2. The van der Waals surface area contributed by atoms with Gasteiger partial charge in [-0.15, -0.1) is 10.2 Å². The number of nitrogens with zero attached hydrogens (tertiary/aromatic N) is 4. The maximum atomic E-state index is 12.2. The van der Waals surface area contributed by atoms with E-state index in [1.54, 1.807) is 12.1 Å². The summed E-state index contributed by atoms with van der Waals surface area (Å²) < 4.78 is 0. The van der Waals surface area contributed by atoms with Gasteiger partial charge in [-0.1, -0.05) is 23.5 Å². The third kappa shape index (κ3) is 5.65. The van der Waals surface area contributed by atoms with E-state index in [0.717, 1.165) is 11.3 Å². The first-order chi connectivity index (χ1) is 14.4. The van der Waals surface area contributed by atoms with E-state index in [0.29, 0.717) is 10.6 Å². The molecule has 0 spiro atoms. The maximum absolute atomic E-state index is 12.2. The van der Waals surface area contributed by atoms with Crippen LogP contribution in [-0.2, 0) is 11.2 Å². The highest BCUT2D eigenvalue weighted by Gasteiger charge is 2.13. The molecule has 2 aromatic carbocycles. The van der Waals surface area contributed by atoms with Gasteiger partial charge in [-0.05, 0) is 29.8 Å². The molecule has 0 atom stereocenters. The highest BCUT2D eigenvalue weighted by atomic mass is 32.1. The summed E-state index contributed by atoms with van der Waals surface area (Å²) >= 11 is 1.02. The molecule has 152 valence electrons. The van der Waals surface area contributed by atoms with Crippen molar-refractivity contribution < 1.29 is 19.6 Å². The van der Waals surface area contributed by atoms with Gasteiger partial charge in [-0.25, -0.2) is 5.43 Å². The zero-order valence-corrected chi connectivity index (χ0v) is 16.0. The number of rotatable bonds is 7. The van der Waals surface area contributed by atoms with Crippen molar-refractivity contribution in [2.24, 2.45) is 5.10 Å². The van der Waals surface area contributed by atoms with Gasteiger partial charge in [-0.2, -0.15) is 5.10 Å². The second-order valence-corrected chi connectivity index (χ2v) is 6.89. The summed E-state index contributed by atoms with van der Waals surface area (Å²) in [6.07, 6.45) is 1.29. The Bertz CT molecular complexity index is 1110. The van der Waals surface area contributed by atoms with Gasteiger partial charge in [0, 0.05) is 17.7 Å². The van der Waals surface area contributed by atoms with Gasteiger partial charge in [0.25, 0.3) is 11.6 Å². The molecule has 30 heavy (non-hydrogen) atoms. The van der Waals surface area contributed by atoms with Gasteiger partial charge in [-0.3, -0.25) is 25.0 Å².